The van der Waals surface area contributed by atoms with Gasteiger partial charge in [-0.25, -0.2) is 4.39 Å². The van der Waals surface area contributed by atoms with Crippen LogP contribution in [-0.4, -0.2) is 38.1 Å². The first-order valence-electron chi connectivity index (χ1n) is 9.64. The summed E-state index contributed by atoms with van der Waals surface area (Å²) in [5, 5.41) is 5.31. The molecule has 0 bridgehead atoms. The zero-order valence-corrected chi connectivity index (χ0v) is 17.1. The van der Waals surface area contributed by atoms with Crippen LogP contribution in [-0.2, 0) is 4.79 Å². The van der Waals surface area contributed by atoms with Gasteiger partial charge in [-0.05, 0) is 42.6 Å². The van der Waals surface area contributed by atoms with Gasteiger partial charge in [-0.2, -0.15) is 0 Å². The Morgan fingerprint density at radius 3 is 2.37 bits per heavy atom. The first kappa shape index (κ1) is 19.8. The summed E-state index contributed by atoms with van der Waals surface area (Å²) in [7, 11) is 0. The van der Waals surface area contributed by atoms with E-state index < -0.39 is 0 Å². The Balaban J connectivity index is 1.69. The van der Waals surface area contributed by atoms with Gasteiger partial charge in [0.15, 0.2) is 0 Å². The fraction of sp³-hybridized carbons (Fsp3) is 0.476. The molecule has 2 heterocycles. The van der Waals surface area contributed by atoms with Crippen LogP contribution < -0.4 is 15.1 Å². The number of rotatable bonds is 6. The molecule has 2 atom stereocenters. The Bertz CT molecular complexity index is 724. The summed E-state index contributed by atoms with van der Waals surface area (Å²) >= 11 is 1.76. The quantitative estimate of drug-likeness (QED) is 0.795. The van der Waals surface area contributed by atoms with Crippen LogP contribution in [0.25, 0.3) is 0 Å². The van der Waals surface area contributed by atoms with Crippen molar-refractivity contribution >= 4 is 22.9 Å². The molecule has 0 spiro atoms. The lowest BCUT2D eigenvalue weighted by atomic mass is 10.0. The van der Waals surface area contributed by atoms with Crippen LogP contribution >= 0.6 is 11.3 Å². The fourth-order valence-electron chi connectivity index (χ4n) is 3.76. The highest BCUT2D eigenvalue weighted by Gasteiger charge is 2.34. The van der Waals surface area contributed by atoms with Gasteiger partial charge in [-0.15, -0.1) is 11.3 Å². The molecule has 0 aliphatic carbocycles. The van der Waals surface area contributed by atoms with E-state index in [0.717, 1.165) is 31.9 Å². The Morgan fingerprint density at radius 1 is 1.15 bits per heavy atom. The first-order chi connectivity index (χ1) is 13.0. The van der Waals surface area contributed by atoms with Gasteiger partial charge in [-0.1, -0.05) is 19.9 Å². The van der Waals surface area contributed by atoms with Gasteiger partial charge in [0.1, 0.15) is 11.9 Å². The number of carbonyl (C=O) groups is 1. The maximum atomic E-state index is 13.2. The monoisotopic (exact) mass is 390 g/mol. The highest BCUT2D eigenvalue weighted by Crippen LogP contribution is 2.21. The van der Waals surface area contributed by atoms with E-state index in [1.807, 2.05) is 26.0 Å². The van der Waals surface area contributed by atoms with Crippen molar-refractivity contribution in [2.24, 2.45) is 5.92 Å². The van der Waals surface area contributed by atoms with Gasteiger partial charge in [0.25, 0.3) is 0 Å². The molecule has 3 rings (SSSR count). The summed E-state index contributed by atoms with van der Waals surface area (Å²) in [6.45, 7) is 9.79. The Hall–Kier alpha value is -1.92. The second-order valence-corrected chi connectivity index (χ2v) is 8.55. The van der Waals surface area contributed by atoms with Crippen molar-refractivity contribution in [3.63, 3.8) is 0 Å². The molecule has 1 aliphatic heterocycles. The number of thiophene rings is 1. The van der Waals surface area contributed by atoms with Crippen LogP contribution in [0.3, 0.4) is 0 Å². The van der Waals surface area contributed by atoms with Crippen molar-refractivity contribution in [2.45, 2.75) is 32.9 Å². The molecular formula is C21H29FN3OS+. The second-order valence-electron chi connectivity index (χ2n) is 7.57. The van der Waals surface area contributed by atoms with Crippen LogP contribution in [0.1, 0.15) is 31.7 Å². The summed E-state index contributed by atoms with van der Waals surface area (Å²) < 4.78 is 13.2. The minimum atomic E-state index is -0.199. The van der Waals surface area contributed by atoms with Gasteiger partial charge in [0.2, 0.25) is 5.91 Å². The third-order valence-corrected chi connectivity index (χ3v) is 6.24. The zero-order chi connectivity index (χ0) is 19.4. The molecule has 1 fully saturated rings. The van der Waals surface area contributed by atoms with Gasteiger partial charge in [-0.3, -0.25) is 4.79 Å². The van der Waals surface area contributed by atoms with Gasteiger partial charge in [0.05, 0.1) is 37.1 Å². The molecule has 6 heteroatoms. The third kappa shape index (κ3) is 4.87. The van der Waals surface area contributed by atoms with Crippen LogP contribution in [0.15, 0.2) is 41.8 Å². The number of piperazine rings is 1. The Kier molecular flexibility index (Phi) is 6.50. The van der Waals surface area contributed by atoms with E-state index in [1.54, 1.807) is 11.3 Å². The summed E-state index contributed by atoms with van der Waals surface area (Å²) in [5.74, 6) is -0.106. The molecule has 146 valence electrons. The molecule has 2 N–H and O–H groups in total. The average Bonchev–Trinajstić information content (AvgIpc) is 3.17. The normalized spacial score (nSPS) is 17.7. The fourth-order valence-corrected chi connectivity index (χ4v) is 4.75. The van der Waals surface area contributed by atoms with Crippen molar-refractivity contribution in [3.05, 3.63) is 52.5 Å². The first-order valence-corrected chi connectivity index (χ1v) is 10.5. The highest BCUT2D eigenvalue weighted by molar-refractivity contribution is 7.10. The molecule has 1 amide bonds. The highest BCUT2D eigenvalue weighted by atomic mass is 32.1. The second kappa shape index (κ2) is 8.85. The summed E-state index contributed by atoms with van der Waals surface area (Å²) in [5.41, 5.74) is 1.07. The largest absolute Gasteiger partial charge is 0.360 e. The zero-order valence-electron chi connectivity index (χ0n) is 16.2. The van der Waals surface area contributed by atoms with E-state index in [-0.39, 0.29) is 29.7 Å². The number of nitrogens with zero attached hydrogens (tertiary/aromatic N) is 1. The van der Waals surface area contributed by atoms with Gasteiger partial charge in [0, 0.05) is 11.6 Å². The Labute approximate surface area is 165 Å². The maximum Gasteiger partial charge on any atom is 0.222 e. The van der Waals surface area contributed by atoms with Crippen LogP contribution in [0.4, 0.5) is 10.1 Å². The van der Waals surface area contributed by atoms with Gasteiger partial charge < -0.3 is 15.1 Å². The Morgan fingerprint density at radius 2 is 1.81 bits per heavy atom. The third-order valence-electron chi connectivity index (χ3n) is 5.28. The van der Waals surface area contributed by atoms with E-state index in [2.05, 4.69) is 34.7 Å². The van der Waals surface area contributed by atoms with Crippen molar-refractivity contribution in [1.82, 2.24) is 5.32 Å². The van der Waals surface area contributed by atoms with Crippen molar-refractivity contribution in [2.75, 3.05) is 31.1 Å². The number of nitrogens with one attached hydrogen (secondary N) is 2. The number of carbonyl (C=O) groups excluding carboxylic acids is 1. The minimum Gasteiger partial charge on any atom is -0.360 e. The van der Waals surface area contributed by atoms with Crippen LogP contribution in [0, 0.1) is 11.7 Å². The molecule has 0 radical (unpaired) electrons. The lowest BCUT2D eigenvalue weighted by Crippen LogP contribution is -3.16. The van der Waals surface area contributed by atoms with Crippen molar-refractivity contribution in [3.8, 4) is 0 Å². The molecule has 1 aromatic heterocycles. The van der Waals surface area contributed by atoms with Crippen LogP contribution in [0.5, 0.6) is 0 Å². The molecule has 1 aromatic carbocycles. The molecule has 4 nitrogen and oxygen atoms in total. The summed E-state index contributed by atoms with van der Waals surface area (Å²) in [4.78, 5) is 17.3. The van der Waals surface area contributed by atoms with E-state index in [9.17, 15) is 9.18 Å². The lowest BCUT2D eigenvalue weighted by molar-refractivity contribution is -0.933. The van der Waals surface area contributed by atoms with Crippen molar-refractivity contribution in [1.29, 1.82) is 0 Å². The number of hydrogen-bond acceptors (Lipinski definition) is 3. The summed E-state index contributed by atoms with van der Waals surface area (Å²) in [6.07, 6.45) is 0. The molecule has 1 aliphatic rings. The molecule has 0 unspecified atom stereocenters. The standard InChI is InChI=1S/C21H28FN3OS/c1-15(2)21(26)23-16(3)20(19-5-4-14-27-19)25-12-10-24(11-13-25)18-8-6-17(22)7-9-18/h4-9,14-16,20H,10-13H2,1-3H3,(H,23,26)/p+1/t16-,20-/m1/s1. The molecule has 2 aromatic rings. The van der Waals surface area contributed by atoms with Crippen molar-refractivity contribution < 1.29 is 14.1 Å². The maximum absolute atomic E-state index is 13.2. The molecular weight excluding hydrogens is 361 g/mol. The number of benzene rings is 1. The SMILES string of the molecule is CC(C)C(=O)N[C@H](C)[C@H](c1cccs1)[NH+]1CCN(c2ccc(F)cc2)CC1. The smallest absolute Gasteiger partial charge is 0.222 e. The molecule has 27 heavy (non-hydrogen) atoms. The number of anilines is 1. The predicted octanol–water partition coefficient (Wildman–Crippen LogP) is 2.49. The van der Waals surface area contributed by atoms with E-state index >= 15 is 0 Å². The number of quaternary nitrogens is 1. The van der Waals surface area contributed by atoms with E-state index in [1.165, 1.54) is 21.9 Å². The summed E-state index contributed by atoms with van der Waals surface area (Å²) in [6, 6.07) is 11.3. The van der Waals surface area contributed by atoms with Crippen LogP contribution in [0.2, 0.25) is 0 Å². The molecule has 1 saturated heterocycles. The number of amides is 1. The van der Waals surface area contributed by atoms with Gasteiger partial charge >= 0.3 is 0 Å². The molecule has 0 saturated carbocycles. The lowest BCUT2D eigenvalue weighted by Gasteiger charge is -2.39. The average molecular weight is 391 g/mol. The van der Waals surface area contributed by atoms with E-state index in [4.69, 9.17) is 0 Å². The topological polar surface area (TPSA) is 36.8 Å². The number of halogens is 1. The predicted molar refractivity (Wildman–Crippen MR) is 109 cm³/mol. The number of hydrogen-bond donors (Lipinski definition) is 2. The van der Waals surface area contributed by atoms with E-state index in [0.29, 0.717) is 0 Å². The minimum absolute atomic E-state index is 0.0123.